The van der Waals surface area contributed by atoms with Crippen LogP contribution in [0.15, 0.2) is 36.4 Å². The van der Waals surface area contributed by atoms with Crippen LogP contribution < -0.4 is 4.90 Å². The molecule has 0 radical (unpaired) electrons. The minimum Gasteiger partial charge on any atom is -0.465 e. The number of esters is 1. The Morgan fingerprint density at radius 1 is 1.09 bits per heavy atom. The minimum atomic E-state index is -0.426. The van der Waals surface area contributed by atoms with Crippen LogP contribution in [0.1, 0.15) is 31.8 Å². The van der Waals surface area contributed by atoms with Gasteiger partial charge < -0.3 is 9.47 Å². The molecule has 0 bridgehead atoms. The van der Waals surface area contributed by atoms with Crippen molar-refractivity contribution < 1.29 is 19.1 Å². The zero-order valence-corrected chi connectivity index (χ0v) is 19.4. The molecule has 2 aromatic carbocycles. The van der Waals surface area contributed by atoms with Gasteiger partial charge >= 0.3 is 5.97 Å². The molecule has 4 rings (SSSR count). The molecular formula is C24H27N3O4S. The van der Waals surface area contributed by atoms with Crippen molar-refractivity contribution >= 4 is 38.6 Å². The third-order valence-corrected chi connectivity index (χ3v) is 6.89. The van der Waals surface area contributed by atoms with Gasteiger partial charge in [0.05, 0.1) is 36.1 Å². The summed E-state index contributed by atoms with van der Waals surface area (Å²) >= 11 is 1.53. The van der Waals surface area contributed by atoms with E-state index in [1.54, 1.807) is 29.2 Å². The van der Waals surface area contributed by atoms with Crippen molar-refractivity contribution in [1.29, 1.82) is 0 Å². The molecule has 1 aromatic heterocycles. The summed E-state index contributed by atoms with van der Waals surface area (Å²) in [7, 11) is 1.34. The number of nitrogens with zero attached hydrogens (tertiary/aromatic N) is 3. The summed E-state index contributed by atoms with van der Waals surface area (Å²) in [6.45, 7) is 8.52. The molecule has 3 aromatic rings. The number of fused-ring (bicyclic) bond motifs is 1. The molecule has 8 heteroatoms. The molecule has 0 aliphatic carbocycles. The van der Waals surface area contributed by atoms with Crippen LogP contribution >= 0.6 is 11.3 Å². The van der Waals surface area contributed by atoms with Crippen LogP contribution in [0.5, 0.6) is 0 Å². The normalized spacial score (nSPS) is 14.5. The average molecular weight is 454 g/mol. The number of hydrogen-bond acceptors (Lipinski definition) is 7. The first-order chi connectivity index (χ1) is 15.5. The Kier molecular flexibility index (Phi) is 6.83. The summed E-state index contributed by atoms with van der Waals surface area (Å²) in [6, 6.07) is 10.7. The maximum Gasteiger partial charge on any atom is 0.337 e. The topological polar surface area (TPSA) is 72.0 Å². The van der Waals surface area contributed by atoms with Crippen LogP contribution in [0.2, 0.25) is 0 Å². The molecule has 0 atom stereocenters. The van der Waals surface area contributed by atoms with Crippen molar-refractivity contribution in [2.24, 2.45) is 0 Å². The summed E-state index contributed by atoms with van der Waals surface area (Å²) in [5.41, 5.74) is 4.17. The van der Waals surface area contributed by atoms with E-state index < -0.39 is 5.97 Å². The number of aromatic nitrogens is 1. The van der Waals surface area contributed by atoms with Crippen LogP contribution in [0, 0.1) is 13.8 Å². The number of benzene rings is 2. The van der Waals surface area contributed by atoms with Gasteiger partial charge in [0.1, 0.15) is 0 Å². The summed E-state index contributed by atoms with van der Waals surface area (Å²) in [5, 5.41) is 0.684. The van der Waals surface area contributed by atoms with Gasteiger partial charge in [0.2, 0.25) is 0 Å². The fourth-order valence-electron chi connectivity index (χ4n) is 3.70. The monoisotopic (exact) mass is 453 g/mol. The maximum absolute atomic E-state index is 13.5. The molecule has 0 saturated carbocycles. The second-order valence-corrected chi connectivity index (χ2v) is 8.84. The van der Waals surface area contributed by atoms with E-state index >= 15 is 0 Å². The van der Waals surface area contributed by atoms with Gasteiger partial charge in [0.15, 0.2) is 5.13 Å². The van der Waals surface area contributed by atoms with Gasteiger partial charge in [0, 0.05) is 31.7 Å². The number of morpholine rings is 1. The standard InChI is InChI=1S/C24H27N3O4S/c1-16-4-9-20-21(17(16)2)25-24(32-20)27(11-10-26-12-14-31-15-13-26)22(28)18-5-7-19(8-6-18)23(29)30-3/h4-9H,10-15H2,1-3H3. The minimum absolute atomic E-state index is 0.136. The van der Waals surface area contributed by atoms with Crippen molar-refractivity contribution in [2.75, 3.05) is 51.4 Å². The van der Waals surface area contributed by atoms with Gasteiger partial charge in [-0.1, -0.05) is 17.4 Å². The van der Waals surface area contributed by atoms with Gasteiger partial charge in [-0.15, -0.1) is 0 Å². The summed E-state index contributed by atoms with van der Waals surface area (Å²) < 4.78 is 11.3. The summed E-state index contributed by atoms with van der Waals surface area (Å²) in [6.07, 6.45) is 0. The first-order valence-corrected chi connectivity index (χ1v) is 11.5. The van der Waals surface area contributed by atoms with E-state index in [0.29, 0.717) is 36.0 Å². The Morgan fingerprint density at radius 2 is 1.78 bits per heavy atom. The van der Waals surface area contributed by atoms with E-state index in [1.807, 2.05) is 0 Å². The number of carbonyl (C=O) groups excluding carboxylic acids is 2. The Bertz CT molecular complexity index is 1120. The molecule has 32 heavy (non-hydrogen) atoms. The number of methoxy groups -OCH3 is 1. The van der Waals surface area contributed by atoms with Crippen LogP contribution in [0.25, 0.3) is 10.2 Å². The highest BCUT2D eigenvalue weighted by Crippen LogP contribution is 2.32. The largest absolute Gasteiger partial charge is 0.465 e. The number of carbonyl (C=O) groups is 2. The highest BCUT2D eigenvalue weighted by molar-refractivity contribution is 7.22. The lowest BCUT2D eigenvalue weighted by Gasteiger charge is -2.29. The van der Waals surface area contributed by atoms with E-state index in [-0.39, 0.29) is 5.91 Å². The smallest absolute Gasteiger partial charge is 0.337 e. The van der Waals surface area contributed by atoms with E-state index in [2.05, 4.69) is 30.9 Å². The number of thiazole rings is 1. The molecule has 7 nitrogen and oxygen atoms in total. The molecule has 1 aliphatic rings. The number of hydrogen-bond donors (Lipinski definition) is 0. The van der Waals surface area contributed by atoms with E-state index in [4.69, 9.17) is 14.5 Å². The lowest BCUT2D eigenvalue weighted by molar-refractivity contribution is 0.0391. The lowest BCUT2D eigenvalue weighted by atomic mass is 10.1. The number of anilines is 1. The molecule has 1 aliphatic heterocycles. The summed E-state index contributed by atoms with van der Waals surface area (Å²) in [5.74, 6) is -0.562. The van der Waals surface area contributed by atoms with Crippen LogP contribution in [-0.2, 0) is 9.47 Å². The molecule has 1 amide bonds. The first kappa shape index (κ1) is 22.4. The van der Waals surface area contributed by atoms with Crippen molar-refractivity contribution in [1.82, 2.24) is 9.88 Å². The highest BCUT2D eigenvalue weighted by atomic mass is 32.1. The molecule has 0 spiro atoms. The predicted molar refractivity (Wildman–Crippen MR) is 126 cm³/mol. The quantitative estimate of drug-likeness (QED) is 0.530. The van der Waals surface area contributed by atoms with Gasteiger partial charge in [-0.05, 0) is 55.3 Å². The second-order valence-electron chi connectivity index (χ2n) is 7.83. The molecule has 168 valence electrons. The Morgan fingerprint density at radius 3 is 2.47 bits per heavy atom. The van der Waals surface area contributed by atoms with Crippen LogP contribution in [0.4, 0.5) is 5.13 Å². The number of rotatable bonds is 6. The van der Waals surface area contributed by atoms with Gasteiger partial charge in [-0.25, -0.2) is 9.78 Å². The van der Waals surface area contributed by atoms with E-state index in [1.165, 1.54) is 24.0 Å². The van der Waals surface area contributed by atoms with E-state index in [9.17, 15) is 9.59 Å². The Labute approximate surface area is 191 Å². The Balaban J connectivity index is 1.64. The molecule has 1 saturated heterocycles. The SMILES string of the molecule is COC(=O)c1ccc(C(=O)N(CCN2CCOCC2)c2nc3c(C)c(C)ccc3s2)cc1. The molecule has 0 N–H and O–H groups in total. The van der Waals surface area contributed by atoms with Crippen molar-refractivity contribution in [2.45, 2.75) is 13.8 Å². The molecule has 0 unspecified atom stereocenters. The fraction of sp³-hybridized carbons (Fsp3) is 0.375. The average Bonchev–Trinajstić information content (AvgIpc) is 3.26. The van der Waals surface area contributed by atoms with Crippen molar-refractivity contribution in [3.63, 3.8) is 0 Å². The van der Waals surface area contributed by atoms with Gasteiger partial charge in [-0.2, -0.15) is 0 Å². The number of amides is 1. The Hall–Kier alpha value is -2.81. The van der Waals surface area contributed by atoms with E-state index in [0.717, 1.165) is 35.4 Å². The lowest BCUT2D eigenvalue weighted by Crippen LogP contribution is -2.43. The second kappa shape index (κ2) is 9.77. The third kappa shape index (κ3) is 4.67. The van der Waals surface area contributed by atoms with Gasteiger partial charge in [0.25, 0.3) is 5.91 Å². The van der Waals surface area contributed by atoms with Crippen molar-refractivity contribution in [3.05, 3.63) is 58.7 Å². The highest BCUT2D eigenvalue weighted by Gasteiger charge is 2.23. The van der Waals surface area contributed by atoms with Crippen LogP contribution in [-0.4, -0.2) is 68.3 Å². The summed E-state index contributed by atoms with van der Waals surface area (Å²) in [4.78, 5) is 34.2. The maximum atomic E-state index is 13.5. The number of aryl methyl sites for hydroxylation is 2. The van der Waals surface area contributed by atoms with Gasteiger partial charge in [-0.3, -0.25) is 14.6 Å². The third-order valence-electron chi connectivity index (χ3n) is 5.85. The fourth-order valence-corrected chi connectivity index (χ4v) is 4.75. The molecule has 1 fully saturated rings. The molecular weight excluding hydrogens is 426 g/mol. The predicted octanol–water partition coefficient (Wildman–Crippen LogP) is 3.68. The number of ether oxygens (including phenoxy) is 2. The zero-order valence-electron chi connectivity index (χ0n) is 18.6. The van der Waals surface area contributed by atoms with Crippen molar-refractivity contribution in [3.8, 4) is 0 Å². The van der Waals surface area contributed by atoms with Crippen LogP contribution in [0.3, 0.4) is 0 Å². The first-order valence-electron chi connectivity index (χ1n) is 10.6. The molecule has 2 heterocycles. The zero-order chi connectivity index (χ0) is 22.7.